The van der Waals surface area contributed by atoms with Crippen molar-refractivity contribution < 1.29 is 5.11 Å². The van der Waals surface area contributed by atoms with E-state index in [1.54, 1.807) is 18.3 Å². The second kappa shape index (κ2) is 6.02. The third-order valence-electron chi connectivity index (χ3n) is 4.18. The third-order valence-corrected chi connectivity index (χ3v) is 5.13. The van der Waals surface area contributed by atoms with Gasteiger partial charge in [-0.2, -0.15) is 0 Å². The van der Waals surface area contributed by atoms with E-state index in [0.717, 1.165) is 16.7 Å². The van der Waals surface area contributed by atoms with Crippen molar-refractivity contribution in [2.75, 3.05) is 11.9 Å². The number of aliphatic hydroxyl groups excluding tert-OH is 1. The van der Waals surface area contributed by atoms with Crippen molar-refractivity contribution in [2.45, 2.75) is 58.1 Å². The van der Waals surface area contributed by atoms with E-state index in [0.29, 0.717) is 6.04 Å². The molecule has 1 aliphatic rings. The number of nitrogens with zero attached hydrogens (tertiary/aromatic N) is 2. The fourth-order valence-corrected chi connectivity index (χ4v) is 3.68. The number of anilines is 1. The number of rotatable bonds is 4. The lowest BCUT2D eigenvalue weighted by atomic mass is 9.84. The molecule has 0 amide bonds. The lowest BCUT2D eigenvalue weighted by Gasteiger charge is -2.34. The molecule has 0 aromatic carbocycles. The SMILES string of the molecule is CCC1CCC(N(C)c2nc(C(C)O)cs2)CC1. The van der Waals surface area contributed by atoms with E-state index in [-0.39, 0.29) is 0 Å². The summed E-state index contributed by atoms with van der Waals surface area (Å²) < 4.78 is 0. The molecule has 2 rings (SSSR count). The lowest BCUT2D eigenvalue weighted by molar-refractivity contribution is 0.195. The van der Waals surface area contributed by atoms with E-state index in [1.807, 2.05) is 5.38 Å². The van der Waals surface area contributed by atoms with E-state index < -0.39 is 6.10 Å². The summed E-state index contributed by atoms with van der Waals surface area (Å²) >= 11 is 1.64. The Morgan fingerprint density at radius 1 is 1.44 bits per heavy atom. The molecule has 1 fully saturated rings. The van der Waals surface area contributed by atoms with Gasteiger partial charge < -0.3 is 10.0 Å². The zero-order valence-electron chi connectivity index (χ0n) is 11.6. The number of hydrogen-bond acceptors (Lipinski definition) is 4. The predicted molar refractivity (Wildman–Crippen MR) is 77.2 cm³/mol. The number of thiazole rings is 1. The monoisotopic (exact) mass is 268 g/mol. The molecule has 0 spiro atoms. The Morgan fingerprint density at radius 2 is 2.11 bits per heavy atom. The maximum absolute atomic E-state index is 9.52. The van der Waals surface area contributed by atoms with Crippen LogP contribution >= 0.6 is 11.3 Å². The van der Waals surface area contributed by atoms with Crippen molar-refractivity contribution in [1.82, 2.24) is 4.98 Å². The molecule has 18 heavy (non-hydrogen) atoms. The van der Waals surface area contributed by atoms with Crippen LogP contribution < -0.4 is 4.90 Å². The third kappa shape index (κ3) is 3.04. The Balaban J connectivity index is 1.96. The van der Waals surface area contributed by atoms with Gasteiger partial charge in [0.2, 0.25) is 0 Å². The van der Waals surface area contributed by atoms with Crippen molar-refractivity contribution in [3.63, 3.8) is 0 Å². The highest BCUT2D eigenvalue weighted by Gasteiger charge is 2.24. The van der Waals surface area contributed by atoms with Crippen LogP contribution in [0.1, 0.15) is 57.7 Å². The fourth-order valence-electron chi connectivity index (χ4n) is 2.73. The van der Waals surface area contributed by atoms with Crippen molar-refractivity contribution >= 4 is 16.5 Å². The van der Waals surface area contributed by atoms with Gasteiger partial charge in [-0.05, 0) is 38.5 Å². The van der Waals surface area contributed by atoms with Crippen LogP contribution in [0.25, 0.3) is 0 Å². The minimum atomic E-state index is -0.459. The van der Waals surface area contributed by atoms with Crippen LogP contribution in [0.2, 0.25) is 0 Å². The largest absolute Gasteiger partial charge is 0.387 e. The highest BCUT2D eigenvalue weighted by molar-refractivity contribution is 7.13. The molecule has 1 heterocycles. The second-order valence-corrected chi connectivity index (χ2v) is 6.26. The molecule has 1 saturated carbocycles. The Kier molecular flexibility index (Phi) is 4.62. The lowest BCUT2D eigenvalue weighted by Crippen LogP contribution is -2.35. The predicted octanol–water partition coefficient (Wildman–Crippen LogP) is 3.60. The molecule has 4 heteroatoms. The highest BCUT2D eigenvalue weighted by Crippen LogP contribution is 2.32. The van der Waals surface area contributed by atoms with Crippen LogP contribution in [-0.4, -0.2) is 23.2 Å². The zero-order chi connectivity index (χ0) is 13.1. The van der Waals surface area contributed by atoms with Gasteiger partial charge in [0, 0.05) is 18.5 Å². The molecule has 0 bridgehead atoms. The van der Waals surface area contributed by atoms with Crippen LogP contribution in [-0.2, 0) is 0 Å². The Labute approximate surface area is 114 Å². The van der Waals surface area contributed by atoms with Crippen molar-refractivity contribution in [3.8, 4) is 0 Å². The summed E-state index contributed by atoms with van der Waals surface area (Å²) in [6.45, 7) is 4.07. The Morgan fingerprint density at radius 3 is 2.61 bits per heavy atom. The van der Waals surface area contributed by atoms with Gasteiger partial charge in [0.1, 0.15) is 0 Å². The van der Waals surface area contributed by atoms with Crippen LogP contribution in [0.5, 0.6) is 0 Å². The van der Waals surface area contributed by atoms with Crippen LogP contribution in [0.3, 0.4) is 0 Å². The molecule has 1 aromatic heterocycles. The van der Waals surface area contributed by atoms with Crippen molar-refractivity contribution in [1.29, 1.82) is 0 Å². The van der Waals surface area contributed by atoms with E-state index in [1.165, 1.54) is 32.1 Å². The topological polar surface area (TPSA) is 36.4 Å². The van der Waals surface area contributed by atoms with E-state index in [4.69, 9.17) is 0 Å². The second-order valence-electron chi connectivity index (χ2n) is 5.42. The molecule has 1 N–H and O–H groups in total. The normalized spacial score (nSPS) is 26.0. The van der Waals surface area contributed by atoms with Gasteiger partial charge in [-0.3, -0.25) is 0 Å². The van der Waals surface area contributed by atoms with Gasteiger partial charge in [0.05, 0.1) is 11.8 Å². The van der Waals surface area contributed by atoms with Crippen LogP contribution in [0.4, 0.5) is 5.13 Å². The van der Waals surface area contributed by atoms with E-state index in [2.05, 4.69) is 23.9 Å². The first-order valence-corrected chi connectivity index (χ1v) is 7.86. The van der Waals surface area contributed by atoms with Gasteiger partial charge in [-0.15, -0.1) is 11.3 Å². The molecular weight excluding hydrogens is 244 g/mol. The molecule has 1 aliphatic carbocycles. The zero-order valence-corrected chi connectivity index (χ0v) is 12.4. The molecular formula is C14H24N2OS. The van der Waals surface area contributed by atoms with Gasteiger partial charge in [-0.25, -0.2) is 4.98 Å². The standard InChI is InChI=1S/C14H24N2OS/c1-4-11-5-7-12(8-6-11)16(3)14-15-13(9-18-14)10(2)17/h9-12,17H,4-8H2,1-3H3. The van der Waals surface area contributed by atoms with E-state index >= 15 is 0 Å². The van der Waals surface area contributed by atoms with Crippen LogP contribution in [0, 0.1) is 5.92 Å². The Bertz CT molecular complexity index is 370. The quantitative estimate of drug-likeness (QED) is 0.906. The summed E-state index contributed by atoms with van der Waals surface area (Å²) in [4.78, 5) is 6.83. The number of aliphatic hydroxyl groups is 1. The maximum atomic E-state index is 9.52. The number of aromatic nitrogens is 1. The molecule has 1 atom stereocenters. The van der Waals surface area contributed by atoms with E-state index in [9.17, 15) is 5.11 Å². The summed E-state index contributed by atoms with van der Waals surface area (Å²) in [6, 6.07) is 0.626. The summed E-state index contributed by atoms with van der Waals surface area (Å²) in [5, 5.41) is 12.5. The van der Waals surface area contributed by atoms with Gasteiger partial charge >= 0.3 is 0 Å². The van der Waals surface area contributed by atoms with Gasteiger partial charge in [0.15, 0.2) is 5.13 Å². The maximum Gasteiger partial charge on any atom is 0.185 e. The smallest absolute Gasteiger partial charge is 0.185 e. The minimum absolute atomic E-state index is 0.459. The summed E-state index contributed by atoms with van der Waals surface area (Å²) in [5.41, 5.74) is 0.795. The molecule has 102 valence electrons. The molecule has 0 aliphatic heterocycles. The highest BCUT2D eigenvalue weighted by atomic mass is 32.1. The average molecular weight is 268 g/mol. The van der Waals surface area contributed by atoms with Crippen molar-refractivity contribution in [3.05, 3.63) is 11.1 Å². The average Bonchev–Trinajstić information content (AvgIpc) is 2.88. The summed E-state index contributed by atoms with van der Waals surface area (Å²) in [7, 11) is 2.14. The fraction of sp³-hybridized carbons (Fsp3) is 0.786. The Hall–Kier alpha value is -0.610. The summed E-state index contributed by atoms with van der Waals surface area (Å²) in [6.07, 6.45) is 6.11. The summed E-state index contributed by atoms with van der Waals surface area (Å²) in [5.74, 6) is 0.930. The minimum Gasteiger partial charge on any atom is -0.387 e. The molecule has 1 unspecified atom stereocenters. The van der Waals surface area contributed by atoms with Crippen molar-refractivity contribution in [2.24, 2.45) is 5.92 Å². The first kappa shape index (κ1) is 13.8. The number of hydrogen-bond donors (Lipinski definition) is 1. The molecule has 1 aromatic rings. The first-order valence-electron chi connectivity index (χ1n) is 6.98. The van der Waals surface area contributed by atoms with Gasteiger partial charge in [-0.1, -0.05) is 13.3 Å². The molecule has 3 nitrogen and oxygen atoms in total. The first-order chi connectivity index (χ1) is 8.61. The van der Waals surface area contributed by atoms with Crippen LogP contribution in [0.15, 0.2) is 5.38 Å². The molecule has 0 saturated heterocycles. The molecule has 0 radical (unpaired) electrons. The van der Waals surface area contributed by atoms with Gasteiger partial charge in [0.25, 0.3) is 0 Å².